The summed E-state index contributed by atoms with van der Waals surface area (Å²) in [7, 11) is 1.90. The molecule has 1 aliphatic heterocycles. The Labute approximate surface area is 140 Å². The number of aromatic nitrogens is 2. The van der Waals surface area contributed by atoms with Crippen molar-refractivity contribution < 1.29 is 5.11 Å². The Kier molecular flexibility index (Phi) is 4.56. The highest BCUT2D eigenvalue weighted by Crippen LogP contribution is 2.32. The standard InChI is InChI=1S/C17H19ClN4O/c1-21-8-6-20-17(21)16(23)13-3-2-7-22(11-13)14-5-4-12(10-19)15(18)9-14/h4-6,8-9,13,16,23H,2-3,7,11H2,1H3/t13-,16-/m1/s1. The maximum absolute atomic E-state index is 10.6. The minimum atomic E-state index is -0.577. The first-order valence-corrected chi connectivity index (χ1v) is 8.08. The van der Waals surface area contributed by atoms with Gasteiger partial charge in [0.05, 0.1) is 10.6 Å². The summed E-state index contributed by atoms with van der Waals surface area (Å²) in [5.41, 5.74) is 1.47. The molecular formula is C17H19ClN4O. The average Bonchev–Trinajstić information content (AvgIpc) is 3.00. The van der Waals surface area contributed by atoms with E-state index in [9.17, 15) is 5.11 Å². The molecule has 1 aromatic carbocycles. The average molecular weight is 331 g/mol. The second-order valence-electron chi connectivity index (χ2n) is 5.97. The van der Waals surface area contributed by atoms with Crippen LogP contribution >= 0.6 is 11.6 Å². The lowest BCUT2D eigenvalue weighted by Gasteiger charge is -2.36. The Hall–Kier alpha value is -2.03. The second-order valence-corrected chi connectivity index (χ2v) is 6.37. The molecule has 23 heavy (non-hydrogen) atoms. The zero-order valence-electron chi connectivity index (χ0n) is 13.0. The molecule has 120 valence electrons. The van der Waals surface area contributed by atoms with Crippen LogP contribution in [0.5, 0.6) is 0 Å². The van der Waals surface area contributed by atoms with Gasteiger partial charge in [-0.15, -0.1) is 0 Å². The summed E-state index contributed by atoms with van der Waals surface area (Å²) in [5.74, 6) is 0.828. The van der Waals surface area contributed by atoms with Crippen molar-refractivity contribution in [2.75, 3.05) is 18.0 Å². The summed E-state index contributed by atoms with van der Waals surface area (Å²) in [5, 5.41) is 20.1. The van der Waals surface area contributed by atoms with E-state index in [4.69, 9.17) is 16.9 Å². The minimum Gasteiger partial charge on any atom is -0.385 e. The van der Waals surface area contributed by atoms with Crippen LogP contribution in [0.25, 0.3) is 0 Å². The molecule has 1 aromatic heterocycles. The smallest absolute Gasteiger partial charge is 0.137 e. The largest absolute Gasteiger partial charge is 0.385 e. The number of halogens is 1. The first kappa shape index (κ1) is 15.9. The number of nitriles is 1. The van der Waals surface area contributed by atoms with Gasteiger partial charge in [0, 0.05) is 44.1 Å². The topological polar surface area (TPSA) is 65.1 Å². The number of imidazole rings is 1. The summed E-state index contributed by atoms with van der Waals surface area (Å²) in [6, 6.07) is 7.57. The summed E-state index contributed by atoms with van der Waals surface area (Å²) >= 11 is 6.14. The normalized spacial score (nSPS) is 19.4. The maximum Gasteiger partial charge on any atom is 0.137 e. The van der Waals surface area contributed by atoms with Gasteiger partial charge in [-0.05, 0) is 31.0 Å². The number of benzene rings is 1. The predicted octanol–water partition coefficient (Wildman–Crippen LogP) is 2.90. The van der Waals surface area contributed by atoms with Gasteiger partial charge in [-0.25, -0.2) is 4.98 Å². The van der Waals surface area contributed by atoms with Gasteiger partial charge in [0.15, 0.2) is 0 Å². The van der Waals surface area contributed by atoms with Gasteiger partial charge in [-0.2, -0.15) is 5.26 Å². The van der Waals surface area contributed by atoms with Gasteiger partial charge in [-0.3, -0.25) is 0 Å². The van der Waals surface area contributed by atoms with E-state index >= 15 is 0 Å². The van der Waals surface area contributed by atoms with Crippen LogP contribution in [0.15, 0.2) is 30.6 Å². The molecule has 1 fully saturated rings. The number of hydrogen-bond acceptors (Lipinski definition) is 4. The van der Waals surface area contributed by atoms with Crippen LogP contribution in [0, 0.1) is 17.2 Å². The van der Waals surface area contributed by atoms with Crippen molar-refractivity contribution in [3.8, 4) is 6.07 Å². The number of nitrogens with zero attached hydrogens (tertiary/aromatic N) is 4. The quantitative estimate of drug-likeness (QED) is 0.939. The molecule has 1 N–H and O–H groups in total. The molecule has 2 aromatic rings. The van der Waals surface area contributed by atoms with Crippen LogP contribution < -0.4 is 4.90 Å². The molecule has 3 rings (SSSR count). The fraction of sp³-hybridized carbons (Fsp3) is 0.412. The van der Waals surface area contributed by atoms with Gasteiger partial charge in [0.2, 0.25) is 0 Å². The number of aryl methyl sites for hydroxylation is 1. The van der Waals surface area contributed by atoms with Gasteiger partial charge >= 0.3 is 0 Å². The molecule has 1 aliphatic rings. The number of rotatable bonds is 3. The molecule has 0 saturated carbocycles. The Balaban J connectivity index is 1.77. The van der Waals surface area contributed by atoms with Crippen molar-refractivity contribution in [2.45, 2.75) is 18.9 Å². The van der Waals surface area contributed by atoms with E-state index in [1.54, 1.807) is 12.3 Å². The van der Waals surface area contributed by atoms with Crippen LogP contribution in [0.1, 0.15) is 30.3 Å². The molecule has 6 heteroatoms. The van der Waals surface area contributed by atoms with Gasteiger partial charge < -0.3 is 14.6 Å². The molecule has 0 aliphatic carbocycles. The fourth-order valence-corrected chi connectivity index (χ4v) is 3.38. The third-order valence-electron chi connectivity index (χ3n) is 4.47. The molecule has 0 amide bonds. The highest BCUT2D eigenvalue weighted by molar-refractivity contribution is 6.32. The van der Waals surface area contributed by atoms with Crippen molar-refractivity contribution in [1.29, 1.82) is 5.26 Å². The lowest BCUT2D eigenvalue weighted by atomic mass is 9.91. The molecule has 0 spiro atoms. The van der Waals surface area contributed by atoms with E-state index < -0.39 is 6.10 Å². The molecule has 0 radical (unpaired) electrons. The van der Waals surface area contributed by atoms with E-state index in [1.165, 1.54) is 0 Å². The van der Waals surface area contributed by atoms with Gasteiger partial charge in [-0.1, -0.05) is 11.6 Å². The van der Waals surface area contributed by atoms with E-state index in [-0.39, 0.29) is 5.92 Å². The highest BCUT2D eigenvalue weighted by Gasteiger charge is 2.29. The fourth-order valence-electron chi connectivity index (χ4n) is 3.17. The second kappa shape index (κ2) is 6.61. The van der Waals surface area contributed by atoms with Crippen LogP contribution in [-0.2, 0) is 7.05 Å². The third kappa shape index (κ3) is 3.19. The zero-order chi connectivity index (χ0) is 16.4. The number of aliphatic hydroxyl groups excluding tert-OH is 1. The van der Waals surface area contributed by atoms with E-state index in [1.807, 2.05) is 29.9 Å². The molecule has 2 atom stereocenters. The molecule has 2 heterocycles. The summed E-state index contributed by atoms with van der Waals surface area (Å²) < 4.78 is 1.86. The van der Waals surface area contributed by atoms with Crippen molar-refractivity contribution in [3.05, 3.63) is 47.0 Å². The van der Waals surface area contributed by atoms with E-state index in [0.717, 1.165) is 31.6 Å². The van der Waals surface area contributed by atoms with Gasteiger partial charge in [0.1, 0.15) is 18.0 Å². The molecule has 1 saturated heterocycles. The predicted molar refractivity (Wildman–Crippen MR) is 89.3 cm³/mol. The van der Waals surface area contributed by atoms with Crippen LogP contribution in [-0.4, -0.2) is 27.7 Å². The van der Waals surface area contributed by atoms with Crippen LogP contribution in [0.4, 0.5) is 5.69 Å². The molecule has 0 unspecified atom stereocenters. The Morgan fingerprint density at radius 1 is 1.48 bits per heavy atom. The Morgan fingerprint density at radius 3 is 2.96 bits per heavy atom. The van der Waals surface area contributed by atoms with Crippen molar-refractivity contribution in [3.63, 3.8) is 0 Å². The minimum absolute atomic E-state index is 0.124. The first-order chi connectivity index (χ1) is 11.1. The monoisotopic (exact) mass is 330 g/mol. The molecular weight excluding hydrogens is 312 g/mol. The van der Waals surface area contributed by atoms with Crippen LogP contribution in [0.2, 0.25) is 5.02 Å². The molecule has 5 nitrogen and oxygen atoms in total. The maximum atomic E-state index is 10.6. The van der Waals surface area contributed by atoms with Gasteiger partial charge in [0.25, 0.3) is 0 Å². The summed E-state index contributed by atoms with van der Waals surface area (Å²) in [4.78, 5) is 6.48. The van der Waals surface area contributed by atoms with Crippen molar-refractivity contribution >= 4 is 17.3 Å². The summed E-state index contributed by atoms with van der Waals surface area (Å²) in [6.07, 6.45) is 4.95. The SMILES string of the molecule is Cn1ccnc1[C@H](O)[C@@H]1CCCN(c2ccc(C#N)c(Cl)c2)C1. The number of aliphatic hydroxyl groups is 1. The lowest BCUT2D eigenvalue weighted by molar-refractivity contribution is 0.0875. The van der Waals surface area contributed by atoms with Crippen molar-refractivity contribution in [2.24, 2.45) is 13.0 Å². The van der Waals surface area contributed by atoms with Crippen molar-refractivity contribution in [1.82, 2.24) is 9.55 Å². The van der Waals surface area contributed by atoms with E-state index in [2.05, 4.69) is 16.0 Å². The number of hydrogen-bond donors (Lipinski definition) is 1. The molecule has 0 bridgehead atoms. The Morgan fingerprint density at radius 2 is 2.30 bits per heavy atom. The lowest BCUT2D eigenvalue weighted by Crippen LogP contribution is -2.38. The number of piperidine rings is 1. The third-order valence-corrected chi connectivity index (χ3v) is 4.78. The summed E-state index contributed by atoms with van der Waals surface area (Å²) in [6.45, 7) is 1.67. The Bertz CT molecular complexity index is 736. The number of anilines is 1. The zero-order valence-corrected chi connectivity index (χ0v) is 13.7. The first-order valence-electron chi connectivity index (χ1n) is 7.70. The van der Waals surface area contributed by atoms with Crippen LogP contribution in [0.3, 0.4) is 0 Å². The van der Waals surface area contributed by atoms with E-state index in [0.29, 0.717) is 16.4 Å². The highest BCUT2D eigenvalue weighted by atomic mass is 35.5.